The van der Waals surface area contributed by atoms with Gasteiger partial charge in [-0.2, -0.15) is 0 Å². The van der Waals surface area contributed by atoms with E-state index in [1.165, 1.54) is 0 Å². The fourth-order valence-corrected chi connectivity index (χ4v) is 1.19. The number of carbonyl (C=O) groups excluding carboxylic acids is 1. The molecule has 0 aliphatic heterocycles. The Morgan fingerprint density at radius 2 is 2.50 bits per heavy atom. The summed E-state index contributed by atoms with van der Waals surface area (Å²) in [5, 5.41) is 0. The number of alkyl halides is 1. The molecule has 1 nitrogen and oxygen atoms in total. The first-order valence-electron chi connectivity index (χ1n) is 2.55. The minimum atomic E-state index is 0.240. The van der Waals surface area contributed by atoms with Crippen LogP contribution in [0.1, 0.15) is 13.3 Å². The zero-order valence-electron chi connectivity index (χ0n) is 4.65. The van der Waals surface area contributed by atoms with Crippen molar-refractivity contribution in [2.24, 2.45) is 0 Å². The molecule has 1 unspecified atom stereocenters. The van der Waals surface area contributed by atoms with Gasteiger partial charge in [0.05, 0.1) is 0 Å². The molecule has 0 spiro atoms. The average molecular weight is 175 g/mol. The van der Waals surface area contributed by atoms with Gasteiger partial charge in [0.1, 0.15) is 0 Å². The Balaban J connectivity index is 2.73. The number of hydrogen-bond donors (Lipinski definition) is 0. The third-order valence-corrected chi connectivity index (χ3v) is 2.31. The molecular weight excluding hydrogens is 168 g/mol. The summed E-state index contributed by atoms with van der Waals surface area (Å²) in [6, 6.07) is 0. The summed E-state index contributed by atoms with van der Waals surface area (Å²) in [7, 11) is 0. The fourth-order valence-electron chi connectivity index (χ4n) is 0.741. The third kappa shape index (κ3) is 0.996. The lowest BCUT2D eigenvalue weighted by Gasteiger charge is -1.95. The van der Waals surface area contributed by atoms with Crippen LogP contribution >= 0.6 is 15.9 Å². The van der Waals surface area contributed by atoms with Gasteiger partial charge in [0, 0.05) is 11.2 Å². The number of halogens is 1. The molecule has 1 aliphatic rings. The molecule has 0 aromatic carbocycles. The molecule has 0 fully saturated rings. The van der Waals surface area contributed by atoms with Gasteiger partial charge < -0.3 is 0 Å². The topological polar surface area (TPSA) is 17.1 Å². The average Bonchev–Trinajstić information content (AvgIpc) is 1.85. The maximum Gasteiger partial charge on any atom is 0.157 e. The van der Waals surface area contributed by atoms with E-state index in [1.54, 1.807) is 6.08 Å². The van der Waals surface area contributed by atoms with Gasteiger partial charge in [-0.25, -0.2) is 0 Å². The molecule has 0 saturated heterocycles. The summed E-state index contributed by atoms with van der Waals surface area (Å²) in [5.74, 6) is 0.240. The van der Waals surface area contributed by atoms with Crippen LogP contribution in [0, 0.1) is 0 Å². The number of hydrogen-bond acceptors (Lipinski definition) is 1. The van der Waals surface area contributed by atoms with Crippen LogP contribution in [-0.4, -0.2) is 10.6 Å². The van der Waals surface area contributed by atoms with E-state index >= 15 is 0 Å². The van der Waals surface area contributed by atoms with Gasteiger partial charge in [0.25, 0.3) is 0 Å². The Bertz CT molecular complexity index is 149. The Hall–Kier alpha value is -0.110. The minimum absolute atomic E-state index is 0.240. The second kappa shape index (κ2) is 2.02. The summed E-state index contributed by atoms with van der Waals surface area (Å²) < 4.78 is 0. The molecular formula is C6H7BrO. The van der Waals surface area contributed by atoms with Crippen LogP contribution in [0.5, 0.6) is 0 Å². The normalized spacial score (nSPS) is 28.5. The molecule has 1 atom stereocenters. The predicted molar refractivity (Wildman–Crippen MR) is 36.1 cm³/mol. The van der Waals surface area contributed by atoms with E-state index in [2.05, 4.69) is 15.9 Å². The highest BCUT2D eigenvalue weighted by Crippen LogP contribution is 2.22. The van der Waals surface area contributed by atoms with Crippen LogP contribution in [0.25, 0.3) is 0 Å². The Kier molecular flexibility index (Phi) is 1.52. The molecule has 2 heteroatoms. The second-order valence-corrected chi connectivity index (χ2v) is 3.13. The van der Waals surface area contributed by atoms with Crippen molar-refractivity contribution in [1.29, 1.82) is 0 Å². The van der Waals surface area contributed by atoms with Crippen LogP contribution < -0.4 is 0 Å². The van der Waals surface area contributed by atoms with Crippen LogP contribution in [0.2, 0.25) is 0 Å². The summed E-state index contributed by atoms with van der Waals surface area (Å²) in [6.07, 6.45) is 2.34. The minimum Gasteiger partial charge on any atom is -0.295 e. The van der Waals surface area contributed by atoms with Gasteiger partial charge in [0.15, 0.2) is 5.78 Å². The number of ketones is 1. The molecule has 0 N–H and O–H groups in total. The van der Waals surface area contributed by atoms with Crippen LogP contribution in [0.3, 0.4) is 0 Å². The molecule has 0 saturated carbocycles. The standard InChI is InChI=1S/C6H7BrO/c1-4-2-5(8)3-6(4)7/h2,6H,3H2,1H3. The zero-order chi connectivity index (χ0) is 6.15. The van der Waals surface area contributed by atoms with Gasteiger partial charge in [-0.3, -0.25) is 4.79 Å². The smallest absolute Gasteiger partial charge is 0.157 e. The molecule has 44 valence electrons. The van der Waals surface area contributed by atoms with Crippen molar-refractivity contribution in [1.82, 2.24) is 0 Å². The van der Waals surface area contributed by atoms with E-state index in [0.29, 0.717) is 11.2 Å². The van der Waals surface area contributed by atoms with Crippen molar-refractivity contribution in [2.75, 3.05) is 0 Å². The van der Waals surface area contributed by atoms with E-state index in [-0.39, 0.29) is 5.78 Å². The van der Waals surface area contributed by atoms with Crippen molar-refractivity contribution >= 4 is 21.7 Å². The van der Waals surface area contributed by atoms with E-state index in [1.807, 2.05) is 6.92 Å². The molecule has 8 heavy (non-hydrogen) atoms. The number of allylic oxidation sites excluding steroid dienone is 2. The van der Waals surface area contributed by atoms with Crippen molar-refractivity contribution in [3.8, 4) is 0 Å². The monoisotopic (exact) mass is 174 g/mol. The number of rotatable bonds is 0. The quantitative estimate of drug-likeness (QED) is 0.511. The summed E-state index contributed by atoms with van der Waals surface area (Å²) in [6.45, 7) is 1.96. The van der Waals surface area contributed by atoms with Gasteiger partial charge in [-0.1, -0.05) is 21.5 Å². The molecule has 0 heterocycles. The molecule has 0 aromatic heterocycles. The van der Waals surface area contributed by atoms with E-state index in [0.717, 1.165) is 5.57 Å². The molecule has 1 rings (SSSR count). The van der Waals surface area contributed by atoms with Gasteiger partial charge in [-0.05, 0) is 13.0 Å². The maximum absolute atomic E-state index is 10.6. The molecule has 0 aromatic rings. The fraction of sp³-hybridized carbons (Fsp3) is 0.500. The van der Waals surface area contributed by atoms with Crippen LogP contribution in [-0.2, 0) is 4.79 Å². The van der Waals surface area contributed by atoms with Crippen molar-refractivity contribution < 1.29 is 4.79 Å². The summed E-state index contributed by atoms with van der Waals surface area (Å²) in [5.41, 5.74) is 1.15. The largest absolute Gasteiger partial charge is 0.295 e. The first-order valence-corrected chi connectivity index (χ1v) is 3.47. The predicted octanol–water partition coefficient (Wildman–Crippen LogP) is 1.67. The van der Waals surface area contributed by atoms with E-state index < -0.39 is 0 Å². The Morgan fingerprint density at radius 1 is 1.88 bits per heavy atom. The maximum atomic E-state index is 10.6. The first-order chi connectivity index (χ1) is 3.70. The van der Waals surface area contributed by atoms with Gasteiger partial charge in [0.2, 0.25) is 0 Å². The van der Waals surface area contributed by atoms with Gasteiger partial charge in [-0.15, -0.1) is 0 Å². The lowest BCUT2D eigenvalue weighted by atomic mass is 10.3. The van der Waals surface area contributed by atoms with Crippen molar-refractivity contribution in [2.45, 2.75) is 18.2 Å². The SMILES string of the molecule is CC1=CC(=O)CC1Br. The van der Waals surface area contributed by atoms with E-state index in [4.69, 9.17) is 0 Å². The van der Waals surface area contributed by atoms with Crippen molar-refractivity contribution in [3.05, 3.63) is 11.6 Å². The van der Waals surface area contributed by atoms with Crippen molar-refractivity contribution in [3.63, 3.8) is 0 Å². The van der Waals surface area contributed by atoms with Gasteiger partial charge >= 0.3 is 0 Å². The lowest BCUT2D eigenvalue weighted by molar-refractivity contribution is -0.113. The van der Waals surface area contributed by atoms with Crippen LogP contribution in [0.15, 0.2) is 11.6 Å². The molecule has 1 aliphatic carbocycles. The third-order valence-electron chi connectivity index (χ3n) is 1.26. The Labute approximate surface area is 56.9 Å². The van der Waals surface area contributed by atoms with Crippen LogP contribution in [0.4, 0.5) is 0 Å². The summed E-state index contributed by atoms with van der Waals surface area (Å²) in [4.78, 5) is 10.9. The molecule has 0 amide bonds. The highest BCUT2D eigenvalue weighted by molar-refractivity contribution is 9.09. The highest BCUT2D eigenvalue weighted by Gasteiger charge is 2.17. The zero-order valence-corrected chi connectivity index (χ0v) is 6.23. The highest BCUT2D eigenvalue weighted by atomic mass is 79.9. The summed E-state index contributed by atoms with van der Waals surface area (Å²) >= 11 is 3.35. The lowest BCUT2D eigenvalue weighted by Crippen LogP contribution is -1.94. The molecule has 0 bridgehead atoms. The Morgan fingerprint density at radius 3 is 2.62 bits per heavy atom. The van der Waals surface area contributed by atoms with E-state index in [9.17, 15) is 4.79 Å². The second-order valence-electron chi connectivity index (χ2n) is 2.03. The number of carbonyl (C=O) groups is 1. The molecule has 0 radical (unpaired) electrons. The first kappa shape index (κ1) is 6.02.